The van der Waals surface area contributed by atoms with E-state index < -0.39 is 17.5 Å². The fraction of sp³-hybridized carbons (Fsp3) is 0.346. The molecule has 0 saturated heterocycles. The minimum Gasteiger partial charge on any atom is -0.327 e. The van der Waals surface area contributed by atoms with E-state index in [1.54, 1.807) is 24.0 Å². The van der Waals surface area contributed by atoms with Gasteiger partial charge in [-0.25, -0.2) is 18.2 Å². The van der Waals surface area contributed by atoms with E-state index in [-0.39, 0.29) is 23.6 Å². The second-order valence-electron chi connectivity index (χ2n) is 9.04. The van der Waals surface area contributed by atoms with Gasteiger partial charge in [-0.15, -0.1) is 0 Å². The average Bonchev–Trinajstić information content (AvgIpc) is 3.38. The Labute approximate surface area is 201 Å². The Balaban J connectivity index is 1.61. The number of rotatable bonds is 4. The number of benzene rings is 1. The van der Waals surface area contributed by atoms with E-state index in [1.807, 2.05) is 42.3 Å². The van der Waals surface area contributed by atoms with Crippen LogP contribution in [0.1, 0.15) is 60.0 Å². The Morgan fingerprint density at radius 1 is 1.11 bits per heavy atom. The van der Waals surface area contributed by atoms with Gasteiger partial charge in [-0.2, -0.15) is 5.10 Å². The number of carbonyl (C=O) groups excluding carboxylic acids is 1. The number of hydrogen-bond donors (Lipinski definition) is 0. The first-order valence-corrected chi connectivity index (χ1v) is 11.7. The van der Waals surface area contributed by atoms with E-state index in [1.165, 1.54) is 0 Å². The summed E-state index contributed by atoms with van der Waals surface area (Å²) in [6, 6.07) is 5.15. The Hall–Kier alpha value is -3.62. The number of aromatic nitrogens is 4. The highest BCUT2D eigenvalue weighted by atomic mass is 19.2. The molecule has 0 spiro atoms. The van der Waals surface area contributed by atoms with Crippen molar-refractivity contribution in [3.8, 4) is 11.3 Å². The standard InChI is InChI=1S/C26H26F3N5O/c1-5-17-11-18-24(31-32(4)25(18)16-9-19(27)23(29)20(28)10-16)21(6-2)34(17)26(35)15-7-8-22-30-12-14(3)33(22)13-15/h7-10,12-13,17,21H,5-6,11H2,1-4H3/t17-,21+/m0/s1. The maximum atomic E-state index is 14.0. The molecular formula is C26H26F3N5O. The van der Waals surface area contributed by atoms with Crippen LogP contribution in [0.25, 0.3) is 16.9 Å². The lowest BCUT2D eigenvalue weighted by molar-refractivity contribution is 0.0512. The molecule has 1 amide bonds. The molecule has 4 heterocycles. The predicted octanol–water partition coefficient (Wildman–Crippen LogP) is 5.39. The average molecular weight is 482 g/mol. The summed E-state index contributed by atoms with van der Waals surface area (Å²) in [6.07, 6.45) is 5.35. The number of hydrogen-bond acceptors (Lipinski definition) is 3. The van der Waals surface area contributed by atoms with Crippen LogP contribution in [-0.4, -0.2) is 36.0 Å². The molecule has 5 rings (SSSR count). The van der Waals surface area contributed by atoms with E-state index in [9.17, 15) is 18.0 Å². The Morgan fingerprint density at radius 3 is 2.49 bits per heavy atom. The van der Waals surface area contributed by atoms with Gasteiger partial charge in [0.2, 0.25) is 0 Å². The van der Waals surface area contributed by atoms with Crippen LogP contribution in [0.3, 0.4) is 0 Å². The summed E-state index contributed by atoms with van der Waals surface area (Å²) in [4.78, 5) is 20.0. The van der Waals surface area contributed by atoms with E-state index in [2.05, 4.69) is 10.1 Å². The molecule has 6 nitrogen and oxygen atoms in total. The lowest BCUT2D eigenvalue weighted by Gasteiger charge is -2.41. The quantitative estimate of drug-likeness (QED) is 0.368. The first kappa shape index (κ1) is 23.1. The van der Waals surface area contributed by atoms with Crippen molar-refractivity contribution >= 4 is 11.6 Å². The van der Waals surface area contributed by atoms with Gasteiger partial charge in [0.25, 0.3) is 5.91 Å². The molecular weight excluding hydrogens is 455 g/mol. The Bertz CT molecular complexity index is 1430. The zero-order valence-corrected chi connectivity index (χ0v) is 20.0. The maximum absolute atomic E-state index is 14.0. The van der Waals surface area contributed by atoms with Crippen molar-refractivity contribution in [2.75, 3.05) is 0 Å². The summed E-state index contributed by atoms with van der Waals surface area (Å²) >= 11 is 0. The topological polar surface area (TPSA) is 55.4 Å². The van der Waals surface area contributed by atoms with E-state index >= 15 is 0 Å². The number of nitrogens with zero attached hydrogens (tertiary/aromatic N) is 5. The van der Waals surface area contributed by atoms with Gasteiger partial charge in [0.15, 0.2) is 17.5 Å². The van der Waals surface area contributed by atoms with Crippen molar-refractivity contribution in [3.63, 3.8) is 0 Å². The predicted molar refractivity (Wildman–Crippen MR) is 125 cm³/mol. The monoisotopic (exact) mass is 481 g/mol. The molecule has 2 atom stereocenters. The number of pyridine rings is 1. The summed E-state index contributed by atoms with van der Waals surface area (Å²) in [5.74, 6) is -4.08. The van der Waals surface area contributed by atoms with Crippen molar-refractivity contribution in [1.82, 2.24) is 24.1 Å². The molecule has 9 heteroatoms. The summed E-state index contributed by atoms with van der Waals surface area (Å²) in [5.41, 5.74) is 4.56. The zero-order chi connectivity index (χ0) is 25.0. The molecule has 1 aliphatic rings. The molecule has 0 unspecified atom stereocenters. The van der Waals surface area contributed by atoms with Crippen molar-refractivity contribution < 1.29 is 18.0 Å². The molecule has 35 heavy (non-hydrogen) atoms. The minimum atomic E-state index is -1.50. The molecule has 4 aromatic rings. The summed E-state index contributed by atoms with van der Waals surface area (Å²) in [7, 11) is 1.70. The SMILES string of the molecule is CC[C@H]1Cc2c(nn(C)c2-c2cc(F)c(F)c(F)c2)[C@@H](CC)N1C(=O)c1ccc2ncc(C)n2c1. The molecule has 0 fully saturated rings. The summed E-state index contributed by atoms with van der Waals surface area (Å²) < 4.78 is 45.2. The molecule has 182 valence electrons. The smallest absolute Gasteiger partial charge is 0.256 e. The number of carbonyl (C=O) groups is 1. The van der Waals surface area contributed by atoms with Crippen LogP contribution in [0.4, 0.5) is 13.2 Å². The number of fused-ring (bicyclic) bond motifs is 2. The lowest BCUT2D eigenvalue weighted by Crippen LogP contribution is -2.47. The van der Waals surface area contributed by atoms with Crippen LogP contribution in [-0.2, 0) is 13.5 Å². The van der Waals surface area contributed by atoms with Crippen molar-refractivity contribution in [1.29, 1.82) is 0 Å². The molecule has 0 bridgehead atoms. The van der Waals surface area contributed by atoms with Gasteiger partial charge in [0, 0.05) is 42.3 Å². The highest BCUT2D eigenvalue weighted by molar-refractivity contribution is 5.95. The van der Waals surface area contributed by atoms with Gasteiger partial charge in [-0.1, -0.05) is 13.8 Å². The van der Waals surface area contributed by atoms with Crippen LogP contribution in [0.2, 0.25) is 0 Å². The minimum absolute atomic E-state index is 0.101. The van der Waals surface area contributed by atoms with E-state index in [4.69, 9.17) is 0 Å². The van der Waals surface area contributed by atoms with Crippen LogP contribution >= 0.6 is 0 Å². The Morgan fingerprint density at radius 2 is 1.83 bits per heavy atom. The van der Waals surface area contributed by atoms with Crippen LogP contribution in [0.5, 0.6) is 0 Å². The van der Waals surface area contributed by atoms with Gasteiger partial charge >= 0.3 is 0 Å². The van der Waals surface area contributed by atoms with Gasteiger partial charge in [0.1, 0.15) is 5.65 Å². The maximum Gasteiger partial charge on any atom is 0.256 e. The zero-order valence-electron chi connectivity index (χ0n) is 20.0. The summed E-state index contributed by atoms with van der Waals surface area (Å²) in [5, 5.41) is 4.68. The number of halogens is 3. The van der Waals surface area contributed by atoms with E-state index in [0.717, 1.165) is 29.0 Å². The van der Waals surface area contributed by atoms with Gasteiger partial charge in [-0.05, 0) is 50.5 Å². The van der Waals surface area contributed by atoms with Crippen LogP contribution in [0, 0.1) is 24.4 Å². The van der Waals surface area contributed by atoms with Crippen LogP contribution < -0.4 is 0 Å². The van der Waals surface area contributed by atoms with Crippen molar-refractivity contribution in [3.05, 3.63) is 76.6 Å². The van der Waals surface area contributed by atoms with E-state index in [0.29, 0.717) is 36.2 Å². The molecule has 0 radical (unpaired) electrons. The molecule has 1 aromatic carbocycles. The van der Waals surface area contributed by atoms with Crippen LogP contribution in [0.15, 0.2) is 36.7 Å². The molecule has 3 aromatic heterocycles. The van der Waals surface area contributed by atoms with Gasteiger partial charge in [0.05, 0.1) is 23.0 Å². The number of amides is 1. The molecule has 0 aliphatic carbocycles. The Kier molecular flexibility index (Phi) is 5.65. The third-order valence-corrected chi connectivity index (χ3v) is 6.95. The fourth-order valence-corrected chi connectivity index (χ4v) is 5.25. The highest BCUT2D eigenvalue weighted by Gasteiger charge is 2.40. The van der Waals surface area contributed by atoms with Gasteiger partial charge in [-0.3, -0.25) is 9.48 Å². The number of aryl methyl sites for hydroxylation is 2. The normalized spacial score (nSPS) is 17.7. The van der Waals surface area contributed by atoms with Crippen molar-refractivity contribution in [2.24, 2.45) is 7.05 Å². The molecule has 1 aliphatic heterocycles. The van der Waals surface area contributed by atoms with Crippen molar-refractivity contribution in [2.45, 2.75) is 52.1 Å². The number of imidazole rings is 1. The summed E-state index contributed by atoms with van der Waals surface area (Å²) in [6.45, 7) is 5.93. The van der Waals surface area contributed by atoms with Gasteiger partial charge < -0.3 is 9.30 Å². The largest absolute Gasteiger partial charge is 0.327 e. The molecule has 0 saturated carbocycles. The third kappa shape index (κ3) is 3.61. The second kappa shape index (κ2) is 8.55. The lowest BCUT2D eigenvalue weighted by atomic mass is 9.87. The highest BCUT2D eigenvalue weighted by Crippen LogP contribution is 2.41. The first-order chi connectivity index (χ1) is 16.7. The molecule has 0 N–H and O–H groups in total. The first-order valence-electron chi connectivity index (χ1n) is 11.7. The third-order valence-electron chi connectivity index (χ3n) is 6.95. The fourth-order valence-electron chi connectivity index (χ4n) is 5.25. The second-order valence-corrected chi connectivity index (χ2v) is 9.04.